The summed E-state index contributed by atoms with van der Waals surface area (Å²) >= 11 is 0. The molecule has 0 spiro atoms. The number of H-pyrrole nitrogens is 1. The number of aromatic nitrogens is 2. The fourth-order valence-corrected chi connectivity index (χ4v) is 4.68. The van der Waals surface area contributed by atoms with Gasteiger partial charge in [-0.3, -0.25) is 9.69 Å². The fourth-order valence-electron chi connectivity index (χ4n) is 4.68. The first-order chi connectivity index (χ1) is 14.4. The number of carbonyl (C=O) groups is 1. The number of pyridine rings is 1. The summed E-state index contributed by atoms with van der Waals surface area (Å²) in [6.45, 7) is 3.18. The topological polar surface area (TPSA) is 98.6 Å². The summed E-state index contributed by atoms with van der Waals surface area (Å²) in [7, 11) is 2.07. The van der Waals surface area contributed by atoms with Crippen molar-refractivity contribution in [2.45, 2.75) is 38.1 Å². The van der Waals surface area contributed by atoms with Crippen molar-refractivity contribution in [2.24, 2.45) is 7.05 Å². The molecule has 7 nitrogen and oxygen atoms in total. The number of benzene rings is 1. The quantitative estimate of drug-likeness (QED) is 0.602. The number of fused-ring (bicyclic) bond motifs is 1. The SMILES string of the molecule is Cn1c(CN2CCCC2)cc2cc(-c3[nH]c(=O)c(C(=O)O)c(O)c3C3CC3)ccc21. The fraction of sp³-hybridized carbons (Fsp3) is 0.391. The number of aryl methyl sites for hydroxylation is 1. The highest BCUT2D eigenvalue weighted by Gasteiger charge is 2.33. The van der Waals surface area contributed by atoms with Crippen LogP contribution in [0.5, 0.6) is 5.75 Å². The molecule has 3 heterocycles. The van der Waals surface area contributed by atoms with Gasteiger partial charge in [-0.2, -0.15) is 0 Å². The second-order valence-corrected chi connectivity index (χ2v) is 8.50. The standard InChI is InChI=1S/C23H25N3O4/c1-25-16(12-26-8-2-3-9-26)11-15-10-14(6-7-17(15)25)20-18(13-4-5-13)21(27)19(23(29)30)22(28)24-20/h6-7,10-11,13H,2-5,8-9,12H2,1H3,(H,29,30)(H2,24,27,28). The van der Waals surface area contributed by atoms with E-state index in [-0.39, 0.29) is 5.92 Å². The van der Waals surface area contributed by atoms with Gasteiger partial charge in [0.2, 0.25) is 0 Å². The van der Waals surface area contributed by atoms with Crippen LogP contribution in [0.2, 0.25) is 0 Å². The Morgan fingerprint density at radius 3 is 2.60 bits per heavy atom. The lowest BCUT2D eigenvalue weighted by Crippen LogP contribution is -2.20. The third-order valence-electron chi connectivity index (χ3n) is 6.44. The maximum atomic E-state index is 12.4. The van der Waals surface area contributed by atoms with E-state index in [4.69, 9.17) is 0 Å². The highest BCUT2D eigenvalue weighted by atomic mass is 16.4. The summed E-state index contributed by atoms with van der Waals surface area (Å²) in [5.74, 6) is -1.73. The van der Waals surface area contributed by atoms with Gasteiger partial charge in [-0.1, -0.05) is 6.07 Å². The van der Waals surface area contributed by atoms with Crippen LogP contribution in [0.4, 0.5) is 0 Å². The molecule has 3 aromatic rings. The maximum Gasteiger partial charge on any atom is 0.345 e. The zero-order valence-corrected chi connectivity index (χ0v) is 16.9. The summed E-state index contributed by atoms with van der Waals surface area (Å²) in [6.07, 6.45) is 4.25. The molecule has 3 N–H and O–H groups in total. The molecule has 1 aliphatic carbocycles. The third kappa shape index (κ3) is 3.10. The van der Waals surface area contributed by atoms with Crippen LogP contribution in [-0.2, 0) is 13.6 Å². The molecule has 5 rings (SSSR count). The van der Waals surface area contributed by atoms with Gasteiger partial charge in [0.15, 0.2) is 5.56 Å². The summed E-state index contributed by atoms with van der Waals surface area (Å²) in [5.41, 5.74) is 2.85. The van der Waals surface area contributed by atoms with Gasteiger partial charge in [-0.05, 0) is 68.5 Å². The minimum absolute atomic E-state index is 0.0761. The minimum Gasteiger partial charge on any atom is -0.506 e. The predicted molar refractivity (Wildman–Crippen MR) is 114 cm³/mol. The van der Waals surface area contributed by atoms with Gasteiger partial charge in [0.05, 0.1) is 5.69 Å². The molecule has 1 aliphatic heterocycles. The van der Waals surface area contributed by atoms with Crippen molar-refractivity contribution in [2.75, 3.05) is 13.1 Å². The van der Waals surface area contributed by atoms with Crippen molar-refractivity contribution in [3.63, 3.8) is 0 Å². The number of carboxylic acid groups (broad SMARTS) is 1. The van der Waals surface area contributed by atoms with E-state index in [2.05, 4.69) is 27.6 Å². The Balaban J connectivity index is 1.61. The summed E-state index contributed by atoms with van der Waals surface area (Å²) in [5, 5.41) is 21.0. The Labute approximate surface area is 173 Å². The lowest BCUT2D eigenvalue weighted by molar-refractivity contribution is 0.0691. The van der Waals surface area contributed by atoms with Crippen molar-refractivity contribution < 1.29 is 15.0 Å². The lowest BCUT2D eigenvalue weighted by atomic mass is 9.98. The van der Waals surface area contributed by atoms with E-state index in [1.807, 2.05) is 18.2 Å². The number of aromatic hydroxyl groups is 1. The monoisotopic (exact) mass is 407 g/mol. The van der Waals surface area contributed by atoms with Crippen molar-refractivity contribution in [3.05, 3.63) is 51.4 Å². The van der Waals surface area contributed by atoms with Crippen molar-refractivity contribution in [1.29, 1.82) is 0 Å². The second kappa shape index (κ2) is 7.02. The molecule has 1 saturated heterocycles. The molecule has 2 aromatic heterocycles. The number of likely N-dealkylation sites (tertiary alicyclic amines) is 1. The molecule has 0 radical (unpaired) electrons. The number of aromatic amines is 1. The predicted octanol–water partition coefficient (Wildman–Crippen LogP) is 3.41. The van der Waals surface area contributed by atoms with Crippen molar-refractivity contribution in [3.8, 4) is 17.0 Å². The van der Waals surface area contributed by atoms with Crippen LogP contribution in [0.15, 0.2) is 29.1 Å². The van der Waals surface area contributed by atoms with E-state index in [9.17, 15) is 19.8 Å². The van der Waals surface area contributed by atoms with E-state index < -0.39 is 22.8 Å². The average Bonchev–Trinajstić information content (AvgIpc) is 3.31. The van der Waals surface area contributed by atoms with Crippen LogP contribution in [0, 0.1) is 0 Å². The molecule has 1 saturated carbocycles. The van der Waals surface area contributed by atoms with Crippen LogP contribution in [-0.4, -0.2) is 43.7 Å². The highest BCUT2D eigenvalue weighted by Crippen LogP contribution is 2.48. The van der Waals surface area contributed by atoms with Gasteiger partial charge in [0.25, 0.3) is 5.56 Å². The number of hydrogen-bond acceptors (Lipinski definition) is 4. The third-order valence-corrected chi connectivity index (χ3v) is 6.44. The number of hydrogen-bond donors (Lipinski definition) is 3. The molecule has 0 amide bonds. The number of carboxylic acids is 1. The minimum atomic E-state index is -1.41. The first-order valence-corrected chi connectivity index (χ1v) is 10.5. The first kappa shape index (κ1) is 18.9. The summed E-state index contributed by atoms with van der Waals surface area (Å²) in [6, 6.07) is 8.14. The number of rotatable bonds is 5. The zero-order valence-electron chi connectivity index (χ0n) is 16.9. The van der Waals surface area contributed by atoms with E-state index in [1.165, 1.54) is 18.5 Å². The number of nitrogens with zero attached hydrogens (tertiary/aromatic N) is 2. The van der Waals surface area contributed by atoms with Gasteiger partial charge >= 0.3 is 5.97 Å². The van der Waals surface area contributed by atoms with Crippen LogP contribution < -0.4 is 5.56 Å². The first-order valence-electron chi connectivity index (χ1n) is 10.5. The zero-order chi connectivity index (χ0) is 21.0. The Morgan fingerprint density at radius 2 is 1.93 bits per heavy atom. The van der Waals surface area contributed by atoms with Crippen molar-refractivity contribution >= 4 is 16.9 Å². The van der Waals surface area contributed by atoms with Crippen LogP contribution >= 0.6 is 0 Å². The molecular formula is C23H25N3O4. The summed E-state index contributed by atoms with van der Waals surface area (Å²) < 4.78 is 2.20. The largest absolute Gasteiger partial charge is 0.506 e. The van der Waals surface area contributed by atoms with Gasteiger partial charge in [0.1, 0.15) is 5.75 Å². The molecule has 7 heteroatoms. The van der Waals surface area contributed by atoms with Crippen molar-refractivity contribution in [1.82, 2.24) is 14.5 Å². The Morgan fingerprint density at radius 1 is 1.20 bits per heavy atom. The van der Waals surface area contributed by atoms with Crippen LogP contribution in [0.25, 0.3) is 22.2 Å². The lowest BCUT2D eigenvalue weighted by Gasteiger charge is -2.15. The number of nitrogens with one attached hydrogen (secondary N) is 1. The van der Waals surface area contributed by atoms with E-state index >= 15 is 0 Å². The molecule has 30 heavy (non-hydrogen) atoms. The van der Waals surface area contributed by atoms with Crippen LogP contribution in [0.3, 0.4) is 0 Å². The molecule has 2 aliphatic rings. The van der Waals surface area contributed by atoms with Gasteiger partial charge in [-0.15, -0.1) is 0 Å². The summed E-state index contributed by atoms with van der Waals surface area (Å²) in [4.78, 5) is 29.0. The Hall–Kier alpha value is -3.06. The average molecular weight is 407 g/mol. The molecule has 156 valence electrons. The molecule has 2 fully saturated rings. The molecule has 0 unspecified atom stereocenters. The molecule has 0 atom stereocenters. The maximum absolute atomic E-state index is 12.4. The second-order valence-electron chi connectivity index (χ2n) is 8.50. The molecule has 1 aromatic carbocycles. The van der Waals surface area contributed by atoms with Crippen LogP contribution in [0.1, 0.15) is 53.2 Å². The van der Waals surface area contributed by atoms with Gasteiger partial charge in [0, 0.05) is 35.8 Å². The van der Waals surface area contributed by atoms with E-state index in [0.717, 1.165) is 48.9 Å². The number of aromatic carboxylic acids is 1. The smallest absolute Gasteiger partial charge is 0.345 e. The van der Waals surface area contributed by atoms with E-state index in [0.29, 0.717) is 11.3 Å². The Kier molecular flexibility index (Phi) is 4.43. The van der Waals surface area contributed by atoms with Gasteiger partial charge < -0.3 is 19.8 Å². The molecular weight excluding hydrogens is 382 g/mol. The van der Waals surface area contributed by atoms with E-state index in [1.54, 1.807) is 0 Å². The molecule has 0 bridgehead atoms. The normalized spacial score (nSPS) is 17.1. The van der Waals surface area contributed by atoms with Gasteiger partial charge in [-0.25, -0.2) is 4.79 Å². The highest BCUT2D eigenvalue weighted by molar-refractivity contribution is 5.93. The Bertz CT molecular complexity index is 1210.